The average molecular weight is 394 g/mol. The van der Waals surface area contributed by atoms with E-state index in [4.69, 9.17) is 5.11 Å². The normalized spacial score (nSPS) is 17.9. The van der Waals surface area contributed by atoms with Crippen molar-refractivity contribution < 1.29 is 9.50 Å². The van der Waals surface area contributed by atoms with Gasteiger partial charge in [0.2, 0.25) is 0 Å². The fraction of sp³-hybridized carbons (Fsp3) is 0.522. The molecule has 1 saturated carbocycles. The van der Waals surface area contributed by atoms with Crippen molar-refractivity contribution in [2.45, 2.75) is 60.3 Å². The molecule has 1 aromatic heterocycles. The molecule has 2 aromatic rings. The van der Waals surface area contributed by atoms with Crippen LogP contribution in [0.2, 0.25) is 0 Å². The molecule has 1 aliphatic rings. The summed E-state index contributed by atoms with van der Waals surface area (Å²) >= 11 is 4.32. The van der Waals surface area contributed by atoms with Gasteiger partial charge in [-0.2, -0.15) is 12.6 Å². The summed E-state index contributed by atoms with van der Waals surface area (Å²) in [6.07, 6.45) is 6.92. The van der Waals surface area contributed by atoms with Crippen molar-refractivity contribution in [1.82, 2.24) is 4.98 Å². The van der Waals surface area contributed by atoms with Gasteiger partial charge in [0.25, 0.3) is 0 Å². The van der Waals surface area contributed by atoms with Gasteiger partial charge in [-0.1, -0.05) is 53.9 Å². The Balaban J connectivity index is 0.000000451. The zero-order valence-corrected chi connectivity index (χ0v) is 18.3. The first-order valence-corrected chi connectivity index (χ1v) is 10.7. The van der Waals surface area contributed by atoms with Gasteiger partial charge in [0, 0.05) is 5.56 Å². The van der Waals surface area contributed by atoms with Gasteiger partial charge >= 0.3 is 0 Å². The summed E-state index contributed by atoms with van der Waals surface area (Å²) in [5, 5.41) is 9.07. The zero-order chi connectivity index (χ0) is 20.7. The SMILES string of the molecule is CC.CC.C[C@H]1CCCCC1CS.Oc1ccc(-c2ccc(F)cn2)cc1. The van der Waals surface area contributed by atoms with Crippen LogP contribution in [0, 0.1) is 17.7 Å². The van der Waals surface area contributed by atoms with Gasteiger partial charge in [0.1, 0.15) is 11.6 Å². The highest BCUT2D eigenvalue weighted by Crippen LogP contribution is 2.29. The van der Waals surface area contributed by atoms with Crippen LogP contribution in [0.25, 0.3) is 11.3 Å². The van der Waals surface area contributed by atoms with Crippen LogP contribution in [0.15, 0.2) is 42.6 Å². The highest BCUT2D eigenvalue weighted by Gasteiger charge is 2.18. The molecule has 1 N–H and O–H groups in total. The van der Waals surface area contributed by atoms with Crippen molar-refractivity contribution in [2.24, 2.45) is 11.8 Å². The topological polar surface area (TPSA) is 33.1 Å². The molecule has 0 amide bonds. The molecular formula is C23H36FNOS. The number of thiol groups is 1. The molecule has 3 rings (SSSR count). The predicted octanol–water partition coefficient (Wildman–Crippen LogP) is 7.39. The Morgan fingerprint density at radius 1 is 1.00 bits per heavy atom. The molecule has 2 nitrogen and oxygen atoms in total. The van der Waals surface area contributed by atoms with Gasteiger partial charge in [0.05, 0.1) is 11.9 Å². The first-order valence-electron chi connectivity index (χ1n) is 10.1. The predicted molar refractivity (Wildman–Crippen MR) is 119 cm³/mol. The highest BCUT2D eigenvalue weighted by molar-refractivity contribution is 7.80. The van der Waals surface area contributed by atoms with E-state index in [0.29, 0.717) is 5.69 Å². The average Bonchev–Trinajstić information content (AvgIpc) is 2.73. The Morgan fingerprint density at radius 2 is 1.59 bits per heavy atom. The molecule has 1 fully saturated rings. The van der Waals surface area contributed by atoms with E-state index in [9.17, 15) is 4.39 Å². The summed E-state index contributed by atoms with van der Waals surface area (Å²) in [5.41, 5.74) is 1.54. The number of nitrogens with zero attached hydrogens (tertiary/aromatic N) is 1. The lowest BCUT2D eigenvalue weighted by atomic mass is 9.82. The minimum absolute atomic E-state index is 0.205. The third-order valence-electron chi connectivity index (χ3n) is 4.41. The molecule has 0 spiro atoms. The van der Waals surface area contributed by atoms with Crippen molar-refractivity contribution in [1.29, 1.82) is 0 Å². The molecule has 0 radical (unpaired) electrons. The smallest absolute Gasteiger partial charge is 0.141 e. The van der Waals surface area contributed by atoms with E-state index in [2.05, 4.69) is 24.5 Å². The number of rotatable bonds is 2. The number of hydrogen-bond donors (Lipinski definition) is 2. The second-order valence-corrected chi connectivity index (χ2v) is 6.48. The fourth-order valence-corrected chi connectivity index (χ4v) is 3.39. The maximum absolute atomic E-state index is 12.6. The molecule has 0 saturated heterocycles. The van der Waals surface area contributed by atoms with Gasteiger partial charge < -0.3 is 5.11 Å². The lowest BCUT2D eigenvalue weighted by molar-refractivity contribution is 0.282. The Morgan fingerprint density at radius 3 is 2.04 bits per heavy atom. The number of phenols is 1. The van der Waals surface area contributed by atoms with Crippen molar-refractivity contribution in [3.8, 4) is 17.0 Å². The van der Waals surface area contributed by atoms with E-state index in [0.717, 1.165) is 23.2 Å². The Hall–Kier alpha value is -1.55. The Labute approximate surface area is 170 Å². The van der Waals surface area contributed by atoms with Gasteiger partial charge in [-0.25, -0.2) is 4.39 Å². The van der Waals surface area contributed by atoms with Gasteiger partial charge in [-0.15, -0.1) is 0 Å². The van der Waals surface area contributed by atoms with Gasteiger partial charge in [-0.05, 0) is 60.4 Å². The van der Waals surface area contributed by atoms with Crippen LogP contribution in [0.3, 0.4) is 0 Å². The lowest BCUT2D eigenvalue weighted by Crippen LogP contribution is -2.17. The van der Waals surface area contributed by atoms with Crippen molar-refractivity contribution >= 4 is 12.6 Å². The van der Waals surface area contributed by atoms with Crippen LogP contribution in [0.4, 0.5) is 4.39 Å². The van der Waals surface area contributed by atoms with Crippen molar-refractivity contribution in [3.63, 3.8) is 0 Å². The second-order valence-electron chi connectivity index (χ2n) is 6.11. The zero-order valence-electron chi connectivity index (χ0n) is 17.5. The summed E-state index contributed by atoms with van der Waals surface area (Å²) in [6, 6.07) is 9.56. The number of aromatic hydroxyl groups is 1. The fourth-order valence-electron chi connectivity index (χ4n) is 2.84. The van der Waals surface area contributed by atoms with E-state index in [-0.39, 0.29) is 11.6 Å². The molecule has 0 aliphatic heterocycles. The number of aromatic nitrogens is 1. The first-order chi connectivity index (χ1) is 13.1. The molecule has 1 aromatic carbocycles. The molecule has 2 atom stereocenters. The lowest BCUT2D eigenvalue weighted by Gasteiger charge is -2.26. The van der Waals surface area contributed by atoms with E-state index in [1.165, 1.54) is 37.9 Å². The van der Waals surface area contributed by atoms with Gasteiger partial charge in [-0.3, -0.25) is 4.98 Å². The minimum Gasteiger partial charge on any atom is -0.508 e. The molecule has 1 unspecified atom stereocenters. The van der Waals surface area contributed by atoms with Crippen LogP contribution in [-0.2, 0) is 0 Å². The summed E-state index contributed by atoms with van der Waals surface area (Å²) in [6.45, 7) is 10.4. The third kappa shape index (κ3) is 9.81. The summed E-state index contributed by atoms with van der Waals surface area (Å²) < 4.78 is 12.6. The largest absolute Gasteiger partial charge is 0.508 e. The van der Waals surface area contributed by atoms with Crippen LogP contribution < -0.4 is 0 Å². The maximum Gasteiger partial charge on any atom is 0.141 e. The summed E-state index contributed by atoms with van der Waals surface area (Å²) in [7, 11) is 0. The Kier molecular flexibility index (Phi) is 14.6. The monoisotopic (exact) mass is 393 g/mol. The van der Waals surface area contributed by atoms with Crippen molar-refractivity contribution in [2.75, 3.05) is 5.75 Å². The standard InChI is InChI=1S/C11H8FNO.C8H16S.2C2H6/c12-9-3-6-11(13-7-9)8-1-4-10(14)5-2-8;1-7-4-2-3-5-8(7)6-9;2*1-2/h1-7,14H;7-9H,2-6H2,1H3;2*1-2H3/t;7-,8?;;/m.0../s1. The van der Waals surface area contributed by atoms with E-state index in [1.807, 2.05) is 27.7 Å². The molecule has 27 heavy (non-hydrogen) atoms. The van der Waals surface area contributed by atoms with E-state index < -0.39 is 0 Å². The van der Waals surface area contributed by atoms with Crippen molar-refractivity contribution in [3.05, 3.63) is 48.4 Å². The number of halogens is 1. The van der Waals surface area contributed by atoms with Crippen LogP contribution in [0.5, 0.6) is 5.75 Å². The number of phenolic OH excluding ortho intramolecular Hbond substituents is 1. The molecule has 1 aliphatic carbocycles. The number of hydrogen-bond acceptors (Lipinski definition) is 3. The molecule has 0 bridgehead atoms. The van der Waals surface area contributed by atoms with E-state index in [1.54, 1.807) is 30.3 Å². The molecule has 4 heteroatoms. The summed E-state index contributed by atoms with van der Waals surface area (Å²) in [4.78, 5) is 3.92. The van der Waals surface area contributed by atoms with Crippen LogP contribution in [0.1, 0.15) is 60.3 Å². The summed E-state index contributed by atoms with van der Waals surface area (Å²) in [5.74, 6) is 2.81. The molecular weight excluding hydrogens is 357 g/mol. The highest BCUT2D eigenvalue weighted by atomic mass is 32.1. The van der Waals surface area contributed by atoms with Gasteiger partial charge in [0.15, 0.2) is 0 Å². The molecule has 1 heterocycles. The quantitative estimate of drug-likeness (QED) is 0.521. The third-order valence-corrected chi connectivity index (χ3v) is 4.88. The minimum atomic E-state index is -0.354. The number of pyridine rings is 1. The van der Waals surface area contributed by atoms with E-state index >= 15 is 0 Å². The second kappa shape index (κ2) is 15.5. The maximum atomic E-state index is 12.6. The molecule has 152 valence electrons. The first kappa shape index (κ1) is 25.4. The number of benzene rings is 1. The Bertz CT molecular complexity index is 543. The van der Waals surface area contributed by atoms with Crippen LogP contribution in [-0.4, -0.2) is 15.8 Å². The van der Waals surface area contributed by atoms with Crippen LogP contribution >= 0.6 is 12.6 Å².